The number of carbonyl (C=O) groups is 1. The highest BCUT2D eigenvalue weighted by atomic mass is 32.2. The van der Waals surface area contributed by atoms with Crippen molar-refractivity contribution in [1.29, 1.82) is 0 Å². The van der Waals surface area contributed by atoms with E-state index in [1.165, 1.54) is 31.3 Å². The second-order valence-corrected chi connectivity index (χ2v) is 7.42. The van der Waals surface area contributed by atoms with Gasteiger partial charge in [0.25, 0.3) is 0 Å². The van der Waals surface area contributed by atoms with Gasteiger partial charge in [0.15, 0.2) is 0 Å². The number of nitrogens with zero attached hydrogens (tertiary/aromatic N) is 2. The van der Waals surface area contributed by atoms with E-state index in [9.17, 15) is 21.6 Å². The maximum atomic E-state index is 11.6. The van der Waals surface area contributed by atoms with E-state index in [0.29, 0.717) is 0 Å². The number of nitrogens with two attached hydrogens (primary N) is 1. The highest BCUT2D eigenvalue weighted by Gasteiger charge is 2.19. The Balaban J connectivity index is 3.20. The van der Waals surface area contributed by atoms with E-state index < -0.39 is 26.3 Å². The molecule has 0 aromatic heterocycles. The summed E-state index contributed by atoms with van der Waals surface area (Å²) in [7, 11) is -4.41. The summed E-state index contributed by atoms with van der Waals surface area (Å²) in [6, 6.07) is 5.07. The average molecular weight is 379 g/mol. The second kappa shape index (κ2) is 7.57. The topological polar surface area (TPSA) is 160 Å². The number of hydrogen-bond acceptors (Lipinski definition) is 6. The summed E-state index contributed by atoms with van der Waals surface area (Å²) in [6.07, 6.45) is -0.867. The van der Waals surface area contributed by atoms with Crippen LogP contribution in [0.25, 0.3) is 0 Å². The van der Waals surface area contributed by atoms with Crippen molar-refractivity contribution >= 4 is 38.0 Å². The van der Waals surface area contributed by atoms with Crippen molar-refractivity contribution in [2.45, 2.75) is 4.90 Å². The van der Waals surface area contributed by atoms with Crippen LogP contribution >= 0.6 is 0 Å². The first-order valence-corrected chi connectivity index (χ1v) is 9.24. The number of guanidine groups is 1. The van der Waals surface area contributed by atoms with Gasteiger partial charge in [-0.3, -0.25) is 0 Å². The van der Waals surface area contributed by atoms with Crippen molar-refractivity contribution in [3.05, 3.63) is 24.3 Å². The molecule has 0 spiro atoms. The molecule has 4 N–H and O–H groups in total. The van der Waals surface area contributed by atoms with Crippen LogP contribution < -0.4 is 15.2 Å². The molecule has 1 aromatic rings. The van der Waals surface area contributed by atoms with Crippen molar-refractivity contribution in [2.75, 3.05) is 26.5 Å². The molecule has 134 valence electrons. The van der Waals surface area contributed by atoms with Gasteiger partial charge in [-0.25, -0.2) is 23.3 Å². The largest absolute Gasteiger partial charge is 0.452 e. The lowest BCUT2D eigenvalue weighted by Gasteiger charge is -2.19. The van der Waals surface area contributed by atoms with Crippen molar-refractivity contribution in [1.82, 2.24) is 9.62 Å². The normalized spacial score (nSPS) is 12.6. The summed E-state index contributed by atoms with van der Waals surface area (Å²) < 4.78 is 55.5. The molecule has 0 bridgehead atoms. The zero-order valence-electron chi connectivity index (χ0n) is 13.0. The minimum absolute atomic E-state index is 0.129. The van der Waals surface area contributed by atoms with E-state index in [4.69, 9.17) is 5.14 Å². The zero-order valence-corrected chi connectivity index (χ0v) is 14.7. The molecule has 0 unspecified atom stereocenters. The van der Waals surface area contributed by atoms with Gasteiger partial charge < -0.3 is 10.1 Å². The molecular weight excluding hydrogens is 362 g/mol. The van der Waals surface area contributed by atoms with Crippen LogP contribution in [0, 0.1) is 0 Å². The van der Waals surface area contributed by atoms with Crippen molar-refractivity contribution in [3.63, 3.8) is 0 Å². The van der Waals surface area contributed by atoms with E-state index in [0.717, 1.165) is 19.1 Å². The van der Waals surface area contributed by atoms with Gasteiger partial charge in [-0.05, 0) is 24.3 Å². The van der Waals surface area contributed by atoms with E-state index >= 15 is 0 Å². The van der Waals surface area contributed by atoms with Gasteiger partial charge in [0.2, 0.25) is 16.0 Å². The Bertz CT molecular complexity index is 832. The minimum Gasteiger partial charge on any atom is -0.452 e. The molecule has 0 aliphatic carbocycles. The third kappa shape index (κ3) is 5.45. The highest BCUT2D eigenvalue weighted by molar-refractivity contribution is 7.89. The Labute approximate surface area is 139 Å². The molecule has 1 aromatic carbocycles. The molecule has 0 heterocycles. The number of nitrogens with one attached hydrogen (secondary N) is 2. The SMILES string of the molecule is CNS(=O)(=O)N=C(Nc1ccc(S(N)(=O)=O)cc1)N(C)C(=O)OC. The lowest BCUT2D eigenvalue weighted by Crippen LogP contribution is -2.39. The predicted molar refractivity (Wildman–Crippen MR) is 87.0 cm³/mol. The van der Waals surface area contributed by atoms with Gasteiger partial charge in [-0.15, -0.1) is 4.40 Å². The van der Waals surface area contributed by atoms with Gasteiger partial charge >= 0.3 is 16.3 Å². The Morgan fingerprint density at radius 2 is 1.75 bits per heavy atom. The molecule has 0 fully saturated rings. The van der Waals surface area contributed by atoms with Gasteiger partial charge in [-0.2, -0.15) is 13.1 Å². The Hall–Kier alpha value is -2.22. The standard InChI is InChI=1S/C11H17N5O6S2/c1-13-24(20,21)15-10(16(2)11(17)22-3)14-8-4-6-9(7-5-8)23(12,18)19/h4-7,13H,1-3H3,(H,14,15)(H2,12,18,19). The first kappa shape index (κ1) is 19.8. The summed E-state index contributed by atoms with van der Waals surface area (Å²) in [5.41, 5.74) is 0.267. The number of rotatable bonds is 4. The number of carbonyl (C=O) groups excluding carboxylic acids is 1. The third-order valence-corrected chi connectivity index (χ3v) is 4.53. The number of amides is 1. The van der Waals surface area contributed by atoms with Crippen LogP contribution in [0.1, 0.15) is 0 Å². The first-order valence-electron chi connectivity index (χ1n) is 6.25. The smallest absolute Gasteiger partial charge is 0.416 e. The predicted octanol–water partition coefficient (Wildman–Crippen LogP) is -0.736. The number of hydrogen-bond donors (Lipinski definition) is 3. The Kier molecular flexibility index (Phi) is 6.25. The molecule has 24 heavy (non-hydrogen) atoms. The summed E-state index contributed by atoms with van der Waals surface area (Å²) in [5, 5.41) is 7.57. The molecular formula is C11H17N5O6S2. The number of anilines is 1. The van der Waals surface area contributed by atoms with Gasteiger partial charge in [-0.1, -0.05) is 0 Å². The lowest BCUT2D eigenvalue weighted by molar-refractivity contribution is 0.152. The number of primary sulfonamides is 1. The average Bonchev–Trinajstić information content (AvgIpc) is 2.52. The van der Waals surface area contributed by atoms with Crippen molar-refractivity contribution in [2.24, 2.45) is 9.54 Å². The van der Waals surface area contributed by atoms with Crippen LogP contribution in [-0.4, -0.2) is 55.0 Å². The number of benzene rings is 1. The van der Waals surface area contributed by atoms with Crippen LogP contribution in [-0.2, 0) is 25.0 Å². The molecule has 1 rings (SSSR count). The first-order chi connectivity index (χ1) is 11.0. The summed E-state index contributed by atoms with van der Waals surface area (Å²) in [6.45, 7) is 0. The van der Waals surface area contributed by atoms with Crippen LogP contribution in [0.5, 0.6) is 0 Å². The maximum Gasteiger partial charge on any atom is 0.416 e. The molecule has 0 saturated heterocycles. The van der Waals surface area contributed by atoms with Crippen LogP contribution in [0.3, 0.4) is 0 Å². The third-order valence-electron chi connectivity index (χ3n) is 2.67. The van der Waals surface area contributed by atoms with E-state index in [1.54, 1.807) is 0 Å². The fourth-order valence-electron chi connectivity index (χ4n) is 1.41. The number of methoxy groups -OCH3 is 1. The van der Waals surface area contributed by atoms with Crippen LogP contribution in [0.2, 0.25) is 0 Å². The molecule has 0 saturated carbocycles. The van der Waals surface area contributed by atoms with Gasteiger partial charge in [0.1, 0.15) is 0 Å². The van der Waals surface area contributed by atoms with E-state index in [1.807, 2.05) is 4.72 Å². The number of sulfonamides is 1. The fourth-order valence-corrected chi connectivity index (χ4v) is 2.41. The lowest BCUT2D eigenvalue weighted by atomic mass is 10.3. The Morgan fingerprint density at radius 3 is 2.17 bits per heavy atom. The quantitative estimate of drug-likeness (QED) is 0.459. The minimum atomic E-state index is -4.05. The second-order valence-electron chi connectivity index (χ2n) is 4.32. The Morgan fingerprint density at radius 1 is 1.21 bits per heavy atom. The molecule has 0 aliphatic rings. The monoisotopic (exact) mass is 379 g/mol. The van der Waals surface area contributed by atoms with Gasteiger partial charge in [0.05, 0.1) is 12.0 Å². The maximum absolute atomic E-state index is 11.6. The van der Waals surface area contributed by atoms with Gasteiger partial charge in [0, 0.05) is 19.8 Å². The molecule has 0 radical (unpaired) electrons. The molecule has 13 heteroatoms. The van der Waals surface area contributed by atoms with Crippen molar-refractivity contribution < 1.29 is 26.4 Å². The molecule has 0 aliphatic heterocycles. The van der Waals surface area contributed by atoms with Crippen LogP contribution in [0.15, 0.2) is 33.6 Å². The van der Waals surface area contributed by atoms with E-state index in [2.05, 4.69) is 14.5 Å². The zero-order chi connectivity index (χ0) is 18.5. The summed E-state index contributed by atoms with van der Waals surface area (Å²) in [4.78, 5) is 12.3. The number of ether oxygens (including phenoxy) is 1. The highest BCUT2D eigenvalue weighted by Crippen LogP contribution is 2.13. The van der Waals surface area contributed by atoms with Crippen molar-refractivity contribution in [3.8, 4) is 0 Å². The molecule has 11 nitrogen and oxygen atoms in total. The molecule has 1 amide bonds. The summed E-state index contributed by atoms with van der Waals surface area (Å²) >= 11 is 0. The molecule has 0 atom stereocenters. The summed E-state index contributed by atoms with van der Waals surface area (Å²) in [5.74, 6) is -0.362. The fraction of sp³-hybridized carbons (Fsp3) is 0.273. The van der Waals surface area contributed by atoms with E-state index in [-0.39, 0.29) is 16.5 Å². The van der Waals surface area contributed by atoms with Crippen LogP contribution in [0.4, 0.5) is 10.5 Å².